The van der Waals surface area contributed by atoms with E-state index in [4.69, 9.17) is 4.98 Å². The molecule has 0 atom stereocenters. The smallest absolute Gasteiger partial charge is 0.167 e. The highest BCUT2D eigenvalue weighted by molar-refractivity contribution is 8.00. The largest absolute Gasteiger partial charge is 0.230 e. The fourth-order valence-corrected chi connectivity index (χ4v) is 6.84. The van der Waals surface area contributed by atoms with Gasteiger partial charge in [-0.15, -0.1) is 27.8 Å². The van der Waals surface area contributed by atoms with Gasteiger partial charge in [0.25, 0.3) is 0 Å². The summed E-state index contributed by atoms with van der Waals surface area (Å²) in [6, 6.07) is 8.25. The van der Waals surface area contributed by atoms with Gasteiger partial charge in [-0.25, -0.2) is 19.5 Å². The molecular formula is C19H15N5S3. The van der Waals surface area contributed by atoms with Crippen LogP contribution in [0.1, 0.15) is 29.1 Å². The van der Waals surface area contributed by atoms with Gasteiger partial charge in [0.1, 0.15) is 11.2 Å². The molecule has 1 aliphatic carbocycles. The zero-order chi connectivity index (χ0) is 17.8. The Labute approximate surface area is 167 Å². The van der Waals surface area contributed by atoms with Crippen molar-refractivity contribution in [3.05, 3.63) is 46.9 Å². The van der Waals surface area contributed by atoms with Crippen LogP contribution in [0.25, 0.3) is 26.1 Å². The van der Waals surface area contributed by atoms with Gasteiger partial charge in [0, 0.05) is 4.88 Å². The van der Waals surface area contributed by atoms with Crippen LogP contribution in [0, 0.1) is 0 Å². The van der Waals surface area contributed by atoms with E-state index in [1.165, 1.54) is 39.8 Å². The third kappa shape index (κ3) is 2.66. The minimum absolute atomic E-state index is 0.718. The lowest BCUT2D eigenvalue weighted by Gasteiger charge is -2.09. The SMILES string of the molecule is c1ccc2sc(SCc3nc4c5c6c(sc5ncn4n3)CCCC6)nc2c1. The molecule has 0 N–H and O–H groups in total. The standard InChI is InChI=1S/C19H15N5S3/c1-3-7-13-11(5-1)16-17-22-15(23-24(17)10-20-18(16)26-13)9-25-19-21-12-6-2-4-8-14(12)27-19/h2,4,6,8,10H,1,3,5,7,9H2. The summed E-state index contributed by atoms with van der Waals surface area (Å²) in [6.45, 7) is 0. The highest BCUT2D eigenvalue weighted by Crippen LogP contribution is 2.37. The van der Waals surface area contributed by atoms with Crippen LogP contribution >= 0.6 is 34.4 Å². The maximum atomic E-state index is 4.86. The Bertz CT molecular complexity index is 1270. The number of thiazole rings is 1. The van der Waals surface area contributed by atoms with E-state index in [1.54, 1.807) is 29.4 Å². The van der Waals surface area contributed by atoms with Crippen molar-refractivity contribution in [2.24, 2.45) is 0 Å². The molecule has 0 aliphatic heterocycles. The van der Waals surface area contributed by atoms with E-state index in [2.05, 4.69) is 33.3 Å². The van der Waals surface area contributed by atoms with E-state index in [0.717, 1.165) is 38.3 Å². The summed E-state index contributed by atoms with van der Waals surface area (Å²) in [4.78, 5) is 16.8. The number of benzene rings is 1. The van der Waals surface area contributed by atoms with E-state index in [1.807, 2.05) is 21.9 Å². The lowest BCUT2D eigenvalue weighted by Crippen LogP contribution is -1.99. The van der Waals surface area contributed by atoms with Crippen LogP contribution in [0.4, 0.5) is 0 Å². The van der Waals surface area contributed by atoms with E-state index in [-0.39, 0.29) is 0 Å². The highest BCUT2D eigenvalue weighted by atomic mass is 32.2. The Morgan fingerprint density at radius 3 is 2.96 bits per heavy atom. The number of para-hydroxylation sites is 1. The monoisotopic (exact) mass is 409 g/mol. The second kappa shape index (κ2) is 6.25. The quantitative estimate of drug-likeness (QED) is 0.387. The minimum atomic E-state index is 0.718. The van der Waals surface area contributed by atoms with Gasteiger partial charge >= 0.3 is 0 Å². The first-order valence-electron chi connectivity index (χ1n) is 8.98. The number of thiophene rings is 1. The average Bonchev–Trinajstić information content (AvgIpc) is 3.39. The normalized spacial score (nSPS) is 14.4. The summed E-state index contributed by atoms with van der Waals surface area (Å²) in [5, 5.41) is 5.89. The Balaban J connectivity index is 1.36. The zero-order valence-electron chi connectivity index (χ0n) is 14.4. The number of aryl methyl sites for hydroxylation is 2. The average molecular weight is 410 g/mol. The molecule has 0 fully saturated rings. The molecule has 4 aromatic heterocycles. The molecule has 0 bridgehead atoms. The lowest BCUT2D eigenvalue weighted by atomic mass is 9.97. The van der Waals surface area contributed by atoms with Crippen LogP contribution in [-0.4, -0.2) is 24.6 Å². The van der Waals surface area contributed by atoms with Gasteiger partial charge in [-0.2, -0.15) is 0 Å². The molecule has 134 valence electrons. The van der Waals surface area contributed by atoms with Crippen molar-refractivity contribution in [3.63, 3.8) is 0 Å². The minimum Gasteiger partial charge on any atom is -0.230 e. The summed E-state index contributed by atoms with van der Waals surface area (Å²) in [5.41, 5.74) is 3.47. The van der Waals surface area contributed by atoms with Crippen LogP contribution in [-0.2, 0) is 18.6 Å². The van der Waals surface area contributed by atoms with E-state index in [0.29, 0.717) is 0 Å². The van der Waals surface area contributed by atoms with Crippen LogP contribution in [0.3, 0.4) is 0 Å². The van der Waals surface area contributed by atoms with Gasteiger partial charge in [0.05, 0.1) is 21.4 Å². The van der Waals surface area contributed by atoms with Crippen molar-refractivity contribution < 1.29 is 0 Å². The molecule has 1 aliphatic rings. The van der Waals surface area contributed by atoms with Crippen molar-refractivity contribution in [1.29, 1.82) is 0 Å². The van der Waals surface area contributed by atoms with E-state index >= 15 is 0 Å². The summed E-state index contributed by atoms with van der Waals surface area (Å²) in [5.74, 6) is 1.55. The Morgan fingerprint density at radius 2 is 2.00 bits per heavy atom. The molecule has 0 unspecified atom stereocenters. The van der Waals surface area contributed by atoms with E-state index < -0.39 is 0 Å². The maximum absolute atomic E-state index is 4.86. The van der Waals surface area contributed by atoms with Gasteiger partial charge < -0.3 is 0 Å². The first kappa shape index (κ1) is 16.0. The number of aromatic nitrogens is 5. The van der Waals surface area contributed by atoms with Crippen LogP contribution in [0.15, 0.2) is 34.9 Å². The zero-order valence-corrected chi connectivity index (χ0v) is 16.8. The predicted octanol–water partition coefficient (Wildman–Crippen LogP) is 5.12. The molecule has 8 heteroatoms. The van der Waals surface area contributed by atoms with Gasteiger partial charge in [-0.3, -0.25) is 0 Å². The van der Waals surface area contributed by atoms with Crippen molar-refractivity contribution >= 4 is 60.5 Å². The number of fused-ring (bicyclic) bond motifs is 6. The van der Waals surface area contributed by atoms with Gasteiger partial charge in [0.15, 0.2) is 15.8 Å². The maximum Gasteiger partial charge on any atom is 0.167 e. The molecule has 6 rings (SSSR count). The number of thioether (sulfide) groups is 1. The Morgan fingerprint density at radius 1 is 1.07 bits per heavy atom. The van der Waals surface area contributed by atoms with Crippen molar-refractivity contribution in [2.45, 2.75) is 35.8 Å². The molecule has 0 radical (unpaired) electrons. The summed E-state index contributed by atoms with van der Waals surface area (Å²) < 4.78 is 4.13. The second-order valence-electron chi connectivity index (χ2n) is 6.67. The molecular weight excluding hydrogens is 394 g/mol. The molecule has 5 nitrogen and oxygen atoms in total. The summed E-state index contributed by atoms with van der Waals surface area (Å²) in [6.07, 6.45) is 6.66. The Hall–Kier alpha value is -2.03. The van der Waals surface area contributed by atoms with E-state index in [9.17, 15) is 0 Å². The highest BCUT2D eigenvalue weighted by Gasteiger charge is 2.20. The van der Waals surface area contributed by atoms with Crippen molar-refractivity contribution in [1.82, 2.24) is 24.6 Å². The topological polar surface area (TPSA) is 56.0 Å². The van der Waals surface area contributed by atoms with Crippen molar-refractivity contribution in [2.75, 3.05) is 0 Å². The molecule has 4 heterocycles. The Kier molecular flexibility index (Phi) is 3.70. The molecule has 0 saturated heterocycles. The molecule has 0 spiro atoms. The fraction of sp³-hybridized carbons (Fsp3) is 0.263. The number of hydrogen-bond donors (Lipinski definition) is 0. The third-order valence-corrected chi connectivity index (χ3v) is 8.31. The molecule has 5 aromatic rings. The van der Waals surface area contributed by atoms with Crippen LogP contribution < -0.4 is 0 Å². The van der Waals surface area contributed by atoms with Crippen molar-refractivity contribution in [3.8, 4) is 0 Å². The van der Waals surface area contributed by atoms with Gasteiger partial charge in [0.2, 0.25) is 0 Å². The first-order chi connectivity index (χ1) is 13.3. The molecule has 0 saturated carbocycles. The van der Waals surface area contributed by atoms with Gasteiger partial charge in [-0.1, -0.05) is 23.9 Å². The lowest BCUT2D eigenvalue weighted by molar-refractivity contribution is 0.700. The third-order valence-electron chi connectivity index (χ3n) is 4.93. The number of nitrogens with zero attached hydrogens (tertiary/aromatic N) is 5. The van der Waals surface area contributed by atoms with Crippen LogP contribution in [0.2, 0.25) is 0 Å². The molecule has 1 aromatic carbocycles. The summed E-state index contributed by atoms with van der Waals surface area (Å²) in [7, 11) is 0. The van der Waals surface area contributed by atoms with Gasteiger partial charge in [-0.05, 0) is 43.4 Å². The van der Waals surface area contributed by atoms with Crippen LogP contribution in [0.5, 0.6) is 0 Å². The molecule has 27 heavy (non-hydrogen) atoms. The first-order valence-corrected chi connectivity index (χ1v) is 11.6. The fourth-order valence-electron chi connectivity index (χ4n) is 3.70. The number of rotatable bonds is 3. The molecule has 0 amide bonds. The second-order valence-corrected chi connectivity index (χ2v) is 10.0. The summed E-state index contributed by atoms with van der Waals surface area (Å²) >= 11 is 5.26. The number of hydrogen-bond acceptors (Lipinski definition) is 7. The predicted molar refractivity (Wildman–Crippen MR) is 112 cm³/mol.